The molecule has 29 heavy (non-hydrogen) atoms. The molecule has 0 aromatic heterocycles. The Bertz CT molecular complexity index is 1180. The summed E-state index contributed by atoms with van der Waals surface area (Å²) >= 11 is 0. The van der Waals surface area contributed by atoms with E-state index in [9.17, 15) is 19.2 Å². The van der Waals surface area contributed by atoms with Crippen LogP contribution < -0.4 is 15.0 Å². The molecule has 6 nitrogen and oxygen atoms in total. The maximum Gasteiger partial charge on any atom is 0.230 e. The number of carbonyl (C=O) groups is 4. The van der Waals surface area contributed by atoms with E-state index in [2.05, 4.69) is 0 Å². The van der Waals surface area contributed by atoms with Crippen molar-refractivity contribution in [1.29, 1.82) is 0 Å². The van der Waals surface area contributed by atoms with Gasteiger partial charge in [0.15, 0.2) is 0 Å². The molecule has 0 saturated heterocycles. The smallest absolute Gasteiger partial charge is 0.230 e. The summed E-state index contributed by atoms with van der Waals surface area (Å²) in [5, 5.41) is 0.884. The van der Waals surface area contributed by atoms with Crippen LogP contribution in [0.4, 0.5) is 11.4 Å². The molecule has 8 heteroatoms. The van der Waals surface area contributed by atoms with Gasteiger partial charge in [-0.3, -0.25) is 29.0 Å². The largest absolute Gasteiger partial charge is 0.274 e. The summed E-state index contributed by atoms with van der Waals surface area (Å²) < 4.78 is 0.763. The third-order valence-corrected chi connectivity index (χ3v) is 6.94. The zero-order chi connectivity index (χ0) is 21.5. The Labute approximate surface area is 174 Å². The van der Waals surface area contributed by atoms with E-state index in [1.807, 2.05) is 18.2 Å². The molecule has 4 amide bonds. The van der Waals surface area contributed by atoms with Crippen LogP contribution in [0.1, 0.15) is 33.3 Å². The number of nitrogens with zero attached hydrogens (tertiary/aromatic N) is 2. The van der Waals surface area contributed by atoms with Crippen molar-refractivity contribution in [3.63, 3.8) is 0 Å². The molecule has 0 radical (unpaired) electrons. The summed E-state index contributed by atoms with van der Waals surface area (Å²) in [5.41, 5.74) is 1.78. The summed E-state index contributed by atoms with van der Waals surface area (Å²) in [4.78, 5) is 50.5. The highest BCUT2D eigenvalue weighted by Crippen LogP contribution is 2.41. The molecule has 1 aliphatic rings. The van der Waals surface area contributed by atoms with Crippen molar-refractivity contribution in [3.8, 4) is 0 Å². The average Bonchev–Trinajstić information content (AvgIpc) is 2.61. The number of rotatable bonds is 2. The molecule has 0 aliphatic carbocycles. The maximum absolute atomic E-state index is 11.9. The van der Waals surface area contributed by atoms with Crippen molar-refractivity contribution >= 4 is 61.5 Å². The maximum atomic E-state index is 11.9. The van der Waals surface area contributed by atoms with Crippen LogP contribution in [-0.4, -0.2) is 23.6 Å². The van der Waals surface area contributed by atoms with Gasteiger partial charge in [0.2, 0.25) is 23.6 Å². The lowest BCUT2D eigenvalue weighted by Gasteiger charge is -2.21. The van der Waals surface area contributed by atoms with Gasteiger partial charge in [0.25, 0.3) is 0 Å². The van der Waals surface area contributed by atoms with E-state index in [1.165, 1.54) is 27.7 Å². The fourth-order valence-electron chi connectivity index (χ4n) is 3.33. The Morgan fingerprint density at radius 2 is 1.24 bits per heavy atom. The number of hydrogen-bond acceptors (Lipinski definition) is 4. The lowest BCUT2D eigenvalue weighted by Crippen LogP contribution is -2.33. The molecule has 150 valence electrons. The number of halogens is 1. The highest BCUT2D eigenvalue weighted by molar-refractivity contribution is 8.29. The number of fused-ring (bicyclic) bond motifs is 2. The zero-order valence-electron chi connectivity index (χ0n) is 16.4. The first-order valence-electron chi connectivity index (χ1n) is 8.77. The highest BCUT2D eigenvalue weighted by atomic mass is 35.7. The van der Waals surface area contributed by atoms with Gasteiger partial charge in [-0.25, -0.2) is 0 Å². The molecule has 2 aromatic carbocycles. The van der Waals surface area contributed by atoms with Crippen LogP contribution in [0.3, 0.4) is 0 Å². The SMILES string of the molecule is CC(=O)N(C(C)=O)c1ccc2c(c1)S(Cl)=c1cc(N(C(C)=O)C(C)=O)ccc1=C2. The Hall–Kier alpha value is -2.77. The first-order chi connectivity index (χ1) is 13.6. The van der Waals surface area contributed by atoms with Gasteiger partial charge in [-0.1, -0.05) is 21.8 Å². The molecule has 0 N–H and O–H groups in total. The quantitative estimate of drug-likeness (QED) is 0.684. The normalized spacial score (nSPS) is 14.2. The van der Waals surface area contributed by atoms with Crippen molar-refractivity contribution in [3.05, 3.63) is 51.7 Å². The van der Waals surface area contributed by atoms with Crippen molar-refractivity contribution in [2.45, 2.75) is 32.6 Å². The zero-order valence-corrected chi connectivity index (χ0v) is 17.9. The number of anilines is 2. The van der Waals surface area contributed by atoms with Crippen molar-refractivity contribution in [1.82, 2.24) is 0 Å². The van der Waals surface area contributed by atoms with Gasteiger partial charge in [-0.2, -0.15) is 0 Å². The summed E-state index contributed by atoms with van der Waals surface area (Å²) in [6.07, 6.45) is 1.95. The standard InChI is InChI=1S/C21H19ClN2O4S/c1-12(25)23(13(2)26)18-7-5-16-9-17-6-8-19(24(14(3)27)15(4)28)11-21(17)29(22)20(16)10-18/h5-11H,1-4H3. The van der Waals surface area contributed by atoms with Crippen LogP contribution in [-0.2, 0) is 19.2 Å². The van der Waals surface area contributed by atoms with Crippen LogP contribution in [0.2, 0.25) is 0 Å². The number of carbonyl (C=O) groups excluding carboxylic acids is 4. The third kappa shape index (κ3) is 3.88. The molecule has 0 bridgehead atoms. The van der Waals surface area contributed by atoms with Crippen LogP contribution in [0.15, 0.2) is 41.3 Å². The molecule has 1 heterocycles. The van der Waals surface area contributed by atoms with Crippen molar-refractivity contribution in [2.24, 2.45) is 0 Å². The fourth-order valence-corrected chi connectivity index (χ4v) is 5.48. The number of benzene rings is 2. The summed E-state index contributed by atoms with van der Waals surface area (Å²) in [5.74, 6) is -1.53. The minimum atomic E-state index is -0.904. The molecule has 0 spiro atoms. The van der Waals surface area contributed by atoms with Crippen LogP contribution in [0, 0.1) is 4.51 Å². The van der Waals surface area contributed by atoms with E-state index in [0.29, 0.717) is 11.4 Å². The Morgan fingerprint density at radius 1 is 0.759 bits per heavy atom. The summed E-state index contributed by atoms with van der Waals surface area (Å²) in [7, 11) is 5.88. The van der Waals surface area contributed by atoms with Gasteiger partial charge >= 0.3 is 0 Å². The van der Waals surface area contributed by atoms with Crippen LogP contribution >= 0.6 is 20.4 Å². The first kappa shape index (κ1) is 21.0. The third-order valence-electron chi connectivity index (χ3n) is 4.47. The van der Waals surface area contributed by atoms with Gasteiger partial charge in [0.05, 0.1) is 11.4 Å². The molecule has 1 aliphatic heterocycles. The van der Waals surface area contributed by atoms with Crippen molar-refractivity contribution < 1.29 is 19.2 Å². The summed E-state index contributed by atoms with van der Waals surface area (Å²) in [6, 6.07) is 10.5. The predicted octanol–water partition coefficient (Wildman–Crippen LogP) is 3.36. The van der Waals surface area contributed by atoms with Gasteiger partial charge in [-0.05, 0) is 51.8 Å². The second-order valence-electron chi connectivity index (χ2n) is 6.59. The fraction of sp³-hybridized carbons (Fsp3) is 0.190. The highest BCUT2D eigenvalue weighted by Gasteiger charge is 2.20. The number of hydrogen-bond donors (Lipinski definition) is 0. The van der Waals surface area contributed by atoms with E-state index in [1.54, 1.807) is 24.3 Å². The first-order valence-corrected chi connectivity index (χ1v) is 10.8. The van der Waals surface area contributed by atoms with Gasteiger partial charge in [0, 0.05) is 37.1 Å². The molecular formula is C21H19ClN2O4S. The molecule has 1 atom stereocenters. The molecule has 0 saturated carbocycles. The Kier molecular flexibility index (Phi) is 5.73. The van der Waals surface area contributed by atoms with E-state index in [4.69, 9.17) is 10.7 Å². The summed E-state index contributed by atoms with van der Waals surface area (Å²) in [6.45, 7) is 5.31. The minimum Gasteiger partial charge on any atom is -0.274 e. The lowest BCUT2D eigenvalue weighted by molar-refractivity contribution is -0.125. The van der Waals surface area contributed by atoms with Crippen LogP contribution in [0.5, 0.6) is 0 Å². The van der Waals surface area contributed by atoms with Gasteiger partial charge < -0.3 is 0 Å². The van der Waals surface area contributed by atoms with E-state index in [0.717, 1.165) is 30.0 Å². The molecule has 2 aromatic rings. The number of imide groups is 2. The van der Waals surface area contributed by atoms with Gasteiger partial charge in [0.1, 0.15) is 0 Å². The lowest BCUT2D eigenvalue weighted by atomic mass is 10.1. The topological polar surface area (TPSA) is 74.8 Å². The van der Waals surface area contributed by atoms with Crippen molar-refractivity contribution in [2.75, 3.05) is 9.80 Å². The Balaban J connectivity index is 2.21. The predicted molar refractivity (Wildman–Crippen MR) is 114 cm³/mol. The Morgan fingerprint density at radius 3 is 1.76 bits per heavy atom. The van der Waals surface area contributed by atoms with E-state index in [-0.39, 0.29) is 23.6 Å². The molecule has 3 rings (SSSR count). The van der Waals surface area contributed by atoms with E-state index >= 15 is 0 Å². The van der Waals surface area contributed by atoms with Gasteiger partial charge in [-0.15, -0.1) is 0 Å². The monoisotopic (exact) mass is 430 g/mol. The second-order valence-corrected chi connectivity index (χ2v) is 8.91. The number of amides is 4. The molecule has 1 unspecified atom stereocenters. The van der Waals surface area contributed by atoms with Crippen LogP contribution in [0.25, 0.3) is 6.08 Å². The minimum absolute atomic E-state index is 0.382. The van der Waals surface area contributed by atoms with E-state index < -0.39 is 9.70 Å². The molecule has 0 fully saturated rings. The average molecular weight is 431 g/mol. The second kappa shape index (κ2) is 7.93. The molecular weight excluding hydrogens is 412 g/mol.